The minimum Gasteiger partial charge on any atom is -0.316 e. The molecule has 4 heteroatoms. The first-order valence-electron chi connectivity index (χ1n) is 4.90. The summed E-state index contributed by atoms with van der Waals surface area (Å²) in [6.45, 7) is 2.27. The van der Waals surface area contributed by atoms with Crippen LogP contribution in [-0.2, 0) is 6.42 Å². The molecule has 0 aliphatic carbocycles. The van der Waals surface area contributed by atoms with E-state index in [1.165, 1.54) is 5.69 Å². The Hall–Kier alpha value is -1.42. The summed E-state index contributed by atoms with van der Waals surface area (Å²) in [6.07, 6.45) is 8.64. The number of hydrogen-bond donors (Lipinski definition) is 1. The van der Waals surface area contributed by atoms with E-state index in [0.717, 1.165) is 31.1 Å². The van der Waals surface area contributed by atoms with Crippen molar-refractivity contribution in [3.05, 3.63) is 30.5 Å². The third kappa shape index (κ3) is 1.19. The molecule has 1 saturated heterocycles. The molecule has 0 radical (unpaired) electrons. The van der Waals surface area contributed by atoms with Gasteiger partial charge in [-0.25, -0.2) is 4.98 Å². The molecule has 4 nitrogen and oxygen atoms in total. The maximum atomic E-state index is 4.31. The molecule has 3 heterocycles. The van der Waals surface area contributed by atoms with Gasteiger partial charge < -0.3 is 9.72 Å². The van der Waals surface area contributed by atoms with Crippen molar-refractivity contribution in [2.24, 2.45) is 5.92 Å². The maximum absolute atomic E-state index is 4.31. The van der Waals surface area contributed by atoms with Gasteiger partial charge in [0.2, 0.25) is 0 Å². The van der Waals surface area contributed by atoms with Gasteiger partial charge in [-0.05, 0) is 25.4 Å². The predicted molar refractivity (Wildman–Crippen MR) is 53.1 cm³/mol. The highest BCUT2D eigenvalue weighted by Gasteiger charge is 2.18. The molecule has 72 valence electrons. The van der Waals surface area contributed by atoms with E-state index in [4.69, 9.17) is 0 Å². The monoisotopic (exact) mass is 188 g/mol. The molecule has 0 spiro atoms. The first-order chi connectivity index (χ1) is 6.93. The van der Waals surface area contributed by atoms with E-state index in [1.807, 2.05) is 12.4 Å². The molecular weight excluding hydrogens is 176 g/mol. The van der Waals surface area contributed by atoms with Crippen LogP contribution in [0.25, 0.3) is 5.65 Å². The fraction of sp³-hybridized carbons (Fsp3) is 0.400. The van der Waals surface area contributed by atoms with Crippen molar-refractivity contribution < 1.29 is 0 Å². The highest BCUT2D eigenvalue weighted by atomic mass is 15.0. The molecular formula is C10H12N4. The Morgan fingerprint density at radius 3 is 3.14 bits per heavy atom. The number of imidazole rings is 1. The molecule has 0 bridgehead atoms. The van der Waals surface area contributed by atoms with E-state index >= 15 is 0 Å². The molecule has 0 saturated carbocycles. The van der Waals surface area contributed by atoms with E-state index in [0.29, 0.717) is 0 Å². The fourth-order valence-electron chi connectivity index (χ4n) is 1.83. The summed E-state index contributed by atoms with van der Waals surface area (Å²) in [5.41, 5.74) is 2.23. The fourth-order valence-corrected chi connectivity index (χ4v) is 1.83. The molecule has 1 aliphatic rings. The van der Waals surface area contributed by atoms with Crippen molar-refractivity contribution in [2.45, 2.75) is 6.42 Å². The normalized spacial score (nSPS) is 17.1. The molecule has 1 fully saturated rings. The second kappa shape index (κ2) is 3.06. The average molecular weight is 188 g/mol. The number of nitrogens with zero attached hydrogens (tertiary/aromatic N) is 3. The van der Waals surface area contributed by atoms with Gasteiger partial charge >= 0.3 is 0 Å². The molecule has 3 rings (SSSR count). The lowest BCUT2D eigenvalue weighted by molar-refractivity contribution is 0.343. The lowest BCUT2D eigenvalue weighted by Gasteiger charge is -2.26. The number of aromatic nitrogens is 3. The highest BCUT2D eigenvalue weighted by Crippen LogP contribution is 2.13. The van der Waals surface area contributed by atoms with E-state index < -0.39 is 0 Å². The van der Waals surface area contributed by atoms with Crippen molar-refractivity contribution in [3.8, 4) is 0 Å². The van der Waals surface area contributed by atoms with Crippen LogP contribution < -0.4 is 5.32 Å². The van der Waals surface area contributed by atoms with Crippen molar-refractivity contribution in [3.63, 3.8) is 0 Å². The second-order valence-corrected chi connectivity index (χ2v) is 3.78. The average Bonchev–Trinajstić information content (AvgIpc) is 2.55. The first-order valence-corrected chi connectivity index (χ1v) is 4.90. The van der Waals surface area contributed by atoms with Gasteiger partial charge in [0.1, 0.15) is 0 Å². The summed E-state index contributed by atoms with van der Waals surface area (Å²) in [6, 6.07) is 0. The first kappa shape index (κ1) is 7.94. The van der Waals surface area contributed by atoms with Gasteiger partial charge in [-0.2, -0.15) is 0 Å². The maximum Gasteiger partial charge on any atom is 0.155 e. The summed E-state index contributed by atoms with van der Waals surface area (Å²) >= 11 is 0. The minimum absolute atomic E-state index is 0.781. The molecule has 0 aromatic carbocycles. The Labute approximate surface area is 82.0 Å². The molecule has 1 aliphatic heterocycles. The molecule has 1 N–H and O–H groups in total. The van der Waals surface area contributed by atoms with Crippen LogP contribution in [0.2, 0.25) is 0 Å². The number of nitrogens with one attached hydrogen (secondary N) is 1. The summed E-state index contributed by atoms with van der Waals surface area (Å²) in [5, 5.41) is 3.28. The Balaban J connectivity index is 1.95. The van der Waals surface area contributed by atoms with Crippen LogP contribution in [0.15, 0.2) is 24.8 Å². The Morgan fingerprint density at radius 1 is 1.43 bits per heavy atom. The van der Waals surface area contributed by atoms with Crippen LogP contribution in [0.4, 0.5) is 0 Å². The molecule has 0 amide bonds. The summed E-state index contributed by atoms with van der Waals surface area (Å²) in [7, 11) is 0. The third-order valence-electron chi connectivity index (χ3n) is 2.76. The Kier molecular flexibility index (Phi) is 1.73. The molecule has 2 aromatic heterocycles. The summed E-state index contributed by atoms with van der Waals surface area (Å²) in [5.74, 6) is 0.781. The molecule has 14 heavy (non-hydrogen) atoms. The summed E-state index contributed by atoms with van der Waals surface area (Å²) < 4.78 is 2.12. The van der Waals surface area contributed by atoms with Gasteiger partial charge in [-0.1, -0.05) is 0 Å². The van der Waals surface area contributed by atoms with E-state index in [1.54, 1.807) is 12.4 Å². The second-order valence-electron chi connectivity index (χ2n) is 3.78. The lowest BCUT2D eigenvalue weighted by atomic mass is 9.98. The van der Waals surface area contributed by atoms with Crippen LogP contribution >= 0.6 is 0 Å². The third-order valence-corrected chi connectivity index (χ3v) is 2.76. The van der Waals surface area contributed by atoms with E-state index in [-0.39, 0.29) is 0 Å². The van der Waals surface area contributed by atoms with Crippen molar-refractivity contribution in [2.75, 3.05) is 13.1 Å². The summed E-state index contributed by atoms with van der Waals surface area (Å²) in [4.78, 5) is 8.35. The van der Waals surface area contributed by atoms with Crippen LogP contribution in [0.5, 0.6) is 0 Å². The van der Waals surface area contributed by atoms with Crippen LogP contribution in [0, 0.1) is 5.92 Å². The van der Waals surface area contributed by atoms with Gasteiger partial charge in [0, 0.05) is 24.3 Å². The van der Waals surface area contributed by atoms with Gasteiger partial charge in [0.25, 0.3) is 0 Å². The van der Waals surface area contributed by atoms with Crippen molar-refractivity contribution >= 4 is 5.65 Å². The molecule has 0 atom stereocenters. The number of hydrogen-bond acceptors (Lipinski definition) is 3. The zero-order valence-electron chi connectivity index (χ0n) is 7.85. The van der Waals surface area contributed by atoms with E-state index in [2.05, 4.69) is 19.7 Å². The smallest absolute Gasteiger partial charge is 0.155 e. The molecule has 2 aromatic rings. The SMILES string of the molecule is c1cn2c(CC3CNC3)cnc2cn1. The number of rotatable bonds is 2. The highest BCUT2D eigenvalue weighted by molar-refractivity contribution is 5.37. The lowest BCUT2D eigenvalue weighted by Crippen LogP contribution is -2.43. The van der Waals surface area contributed by atoms with Crippen molar-refractivity contribution in [1.82, 2.24) is 19.7 Å². The Morgan fingerprint density at radius 2 is 2.36 bits per heavy atom. The van der Waals surface area contributed by atoms with Crippen LogP contribution in [0.3, 0.4) is 0 Å². The largest absolute Gasteiger partial charge is 0.316 e. The van der Waals surface area contributed by atoms with Crippen LogP contribution in [0.1, 0.15) is 5.69 Å². The topological polar surface area (TPSA) is 42.2 Å². The van der Waals surface area contributed by atoms with Gasteiger partial charge in [0.05, 0.1) is 6.20 Å². The number of fused-ring (bicyclic) bond motifs is 1. The Bertz CT molecular complexity index is 444. The van der Waals surface area contributed by atoms with Gasteiger partial charge in [-0.3, -0.25) is 4.98 Å². The standard InChI is InChI=1S/C10H12N4/c1-2-14-9(3-8-4-12-5-8)6-13-10(14)7-11-1/h1-2,6-8,12H,3-5H2. The van der Waals surface area contributed by atoms with Crippen molar-refractivity contribution in [1.29, 1.82) is 0 Å². The van der Waals surface area contributed by atoms with Crippen LogP contribution in [-0.4, -0.2) is 27.5 Å². The van der Waals surface area contributed by atoms with Gasteiger partial charge in [0.15, 0.2) is 5.65 Å². The van der Waals surface area contributed by atoms with E-state index in [9.17, 15) is 0 Å². The quantitative estimate of drug-likeness (QED) is 0.746. The molecule has 0 unspecified atom stereocenters. The zero-order valence-corrected chi connectivity index (χ0v) is 7.85. The predicted octanol–water partition coefficient (Wildman–Crippen LogP) is 0.491. The van der Waals surface area contributed by atoms with Gasteiger partial charge in [-0.15, -0.1) is 0 Å². The zero-order chi connectivity index (χ0) is 9.38. The minimum atomic E-state index is 0.781.